The van der Waals surface area contributed by atoms with Crippen molar-refractivity contribution in [2.45, 2.75) is 38.6 Å². The first kappa shape index (κ1) is 24.5. The lowest BCUT2D eigenvalue weighted by molar-refractivity contribution is 0.101. The number of aliphatic hydroxyl groups is 1. The number of anilines is 1. The van der Waals surface area contributed by atoms with Crippen LogP contribution in [0.15, 0.2) is 30.5 Å². The van der Waals surface area contributed by atoms with Gasteiger partial charge in [0.1, 0.15) is 5.52 Å². The minimum atomic E-state index is -0.172. The van der Waals surface area contributed by atoms with E-state index in [9.17, 15) is 15.0 Å². The van der Waals surface area contributed by atoms with Gasteiger partial charge in [-0.3, -0.25) is 9.78 Å². The van der Waals surface area contributed by atoms with E-state index in [1.165, 1.54) is 6.92 Å². The zero-order valence-corrected chi connectivity index (χ0v) is 19.8. The van der Waals surface area contributed by atoms with Crippen LogP contribution in [0.25, 0.3) is 22.3 Å². The predicted octanol–water partition coefficient (Wildman–Crippen LogP) is 5.90. The monoisotopic (exact) mass is 495 g/mol. The number of Topliss-reactive ketones (excluding diaryl/α,β-unsaturated/α-hetero) is 1. The first-order valence-electron chi connectivity index (χ1n) is 10.2. The van der Waals surface area contributed by atoms with Crippen LogP contribution in [0.5, 0.6) is 5.75 Å². The lowest BCUT2D eigenvalue weighted by Gasteiger charge is -2.29. The van der Waals surface area contributed by atoms with Gasteiger partial charge in [-0.25, -0.2) is 4.98 Å². The Labute approximate surface area is 202 Å². The minimum absolute atomic E-state index is 0. The maximum absolute atomic E-state index is 12.3. The van der Waals surface area contributed by atoms with Crippen LogP contribution in [0.4, 0.5) is 5.69 Å². The first-order valence-corrected chi connectivity index (χ1v) is 11.0. The number of rotatable bonds is 5. The molecule has 9 heteroatoms. The molecule has 0 spiro atoms. The van der Waals surface area contributed by atoms with Crippen molar-refractivity contribution in [3.63, 3.8) is 0 Å². The van der Waals surface area contributed by atoms with Gasteiger partial charge in [0, 0.05) is 24.4 Å². The summed E-state index contributed by atoms with van der Waals surface area (Å²) >= 11 is 12.2. The van der Waals surface area contributed by atoms with Crippen LogP contribution in [-0.4, -0.2) is 38.6 Å². The van der Waals surface area contributed by atoms with E-state index in [1.54, 1.807) is 24.4 Å². The second-order valence-electron chi connectivity index (χ2n) is 8.00. The molecule has 2 heterocycles. The maximum atomic E-state index is 12.3. The number of nitrogens with zero attached hydrogens (tertiary/aromatic N) is 2. The van der Waals surface area contributed by atoms with E-state index in [0.717, 1.165) is 25.7 Å². The summed E-state index contributed by atoms with van der Waals surface area (Å²) in [5.41, 5.74) is 3.67. The lowest BCUT2D eigenvalue weighted by atomic mass is 9.86. The minimum Gasteiger partial charge on any atom is -0.505 e. The summed E-state index contributed by atoms with van der Waals surface area (Å²) in [7, 11) is 0. The highest BCUT2D eigenvalue weighted by Crippen LogP contribution is 2.37. The Morgan fingerprint density at radius 1 is 1.16 bits per heavy atom. The standard InChI is InChI=1S/C23H23Cl2N3O3.ClH/c1-12(30)16-10-26-20-7-6-19(14-8-17(24)23(31)18(25)9-14)28-22(20)21(16)27-15-4-2-13(11-29)3-5-15;/h6-10,13,15,29,31H,2-5,11H2,1H3,(H,26,27);1H. The van der Waals surface area contributed by atoms with E-state index in [2.05, 4.69) is 10.3 Å². The number of benzene rings is 1. The molecule has 1 aromatic carbocycles. The van der Waals surface area contributed by atoms with Crippen molar-refractivity contribution in [1.82, 2.24) is 9.97 Å². The SMILES string of the molecule is CC(=O)c1cnc2ccc(-c3cc(Cl)c(O)c(Cl)c3)nc2c1NC1CCC(CO)CC1.Cl. The number of aromatic hydroxyl groups is 1. The van der Waals surface area contributed by atoms with Gasteiger partial charge in [-0.1, -0.05) is 23.2 Å². The average Bonchev–Trinajstić information content (AvgIpc) is 2.77. The molecular formula is C23H24Cl3N3O3. The third kappa shape index (κ3) is 4.94. The summed E-state index contributed by atoms with van der Waals surface area (Å²) in [6.07, 6.45) is 5.29. The van der Waals surface area contributed by atoms with Crippen LogP contribution < -0.4 is 5.32 Å². The third-order valence-corrected chi connectivity index (χ3v) is 6.43. The molecule has 0 atom stereocenters. The fourth-order valence-electron chi connectivity index (χ4n) is 4.05. The molecule has 1 fully saturated rings. The van der Waals surface area contributed by atoms with E-state index in [-0.39, 0.29) is 46.6 Å². The van der Waals surface area contributed by atoms with E-state index in [4.69, 9.17) is 28.2 Å². The van der Waals surface area contributed by atoms with Crippen molar-refractivity contribution in [1.29, 1.82) is 0 Å². The quantitative estimate of drug-likeness (QED) is 0.381. The number of phenolic OH excluding ortho intramolecular Hbond substituents is 1. The molecule has 0 amide bonds. The summed E-state index contributed by atoms with van der Waals surface area (Å²) in [5, 5.41) is 23.1. The summed E-state index contributed by atoms with van der Waals surface area (Å²) in [6.45, 7) is 1.73. The fourth-order valence-corrected chi connectivity index (χ4v) is 4.53. The number of phenols is 1. The van der Waals surface area contributed by atoms with Gasteiger partial charge >= 0.3 is 0 Å². The number of hydrogen-bond donors (Lipinski definition) is 3. The normalized spacial score (nSPS) is 18.2. The highest BCUT2D eigenvalue weighted by Gasteiger charge is 2.23. The topological polar surface area (TPSA) is 95.3 Å². The molecule has 1 aliphatic rings. The van der Waals surface area contributed by atoms with Crippen LogP contribution in [0.3, 0.4) is 0 Å². The summed E-state index contributed by atoms with van der Waals surface area (Å²) in [6, 6.07) is 7.03. The van der Waals surface area contributed by atoms with Crippen molar-refractivity contribution in [2.75, 3.05) is 11.9 Å². The van der Waals surface area contributed by atoms with Crippen molar-refractivity contribution in [3.05, 3.63) is 46.1 Å². The second-order valence-corrected chi connectivity index (χ2v) is 8.81. The lowest BCUT2D eigenvalue weighted by Crippen LogP contribution is -2.28. The molecule has 3 N–H and O–H groups in total. The highest BCUT2D eigenvalue weighted by molar-refractivity contribution is 6.37. The third-order valence-electron chi connectivity index (χ3n) is 5.86. The van der Waals surface area contributed by atoms with E-state index >= 15 is 0 Å². The average molecular weight is 497 g/mol. The second kappa shape index (κ2) is 10.2. The summed E-state index contributed by atoms with van der Waals surface area (Å²) in [4.78, 5) is 21.5. The predicted molar refractivity (Wildman–Crippen MR) is 130 cm³/mol. The van der Waals surface area contributed by atoms with E-state index in [0.29, 0.717) is 39.5 Å². The van der Waals surface area contributed by atoms with Gasteiger partial charge in [0.15, 0.2) is 11.5 Å². The van der Waals surface area contributed by atoms with Gasteiger partial charge in [0.05, 0.1) is 32.5 Å². The number of fused-ring (bicyclic) bond motifs is 1. The number of ketones is 1. The Bertz CT molecular complexity index is 1130. The number of aliphatic hydroxyl groups excluding tert-OH is 1. The van der Waals surface area contributed by atoms with Crippen molar-refractivity contribution >= 4 is 58.1 Å². The molecule has 6 nitrogen and oxygen atoms in total. The largest absolute Gasteiger partial charge is 0.505 e. The van der Waals surface area contributed by atoms with Gasteiger partial charge in [0.2, 0.25) is 0 Å². The molecule has 1 saturated carbocycles. The Morgan fingerprint density at radius 3 is 2.41 bits per heavy atom. The molecule has 0 unspecified atom stereocenters. The number of carbonyl (C=O) groups is 1. The first-order chi connectivity index (χ1) is 14.9. The van der Waals surface area contributed by atoms with Crippen LogP contribution in [0, 0.1) is 5.92 Å². The zero-order chi connectivity index (χ0) is 22.1. The Kier molecular flexibility index (Phi) is 7.83. The summed E-state index contributed by atoms with van der Waals surface area (Å²) < 4.78 is 0. The molecule has 1 aliphatic carbocycles. The van der Waals surface area contributed by atoms with Gasteiger partial charge in [-0.15, -0.1) is 12.4 Å². The van der Waals surface area contributed by atoms with Gasteiger partial charge < -0.3 is 15.5 Å². The number of pyridine rings is 2. The van der Waals surface area contributed by atoms with Gasteiger partial charge in [-0.05, 0) is 62.8 Å². The molecule has 0 radical (unpaired) electrons. The smallest absolute Gasteiger partial charge is 0.163 e. The van der Waals surface area contributed by atoms with Gasteiger partial charge in [-0.2, -0.15) is 0 Å². The zero-order valence-electron chi connectivity index (χ0n) is 17.4. The Hall–Kier alpha value is -2.12. The van der Waals surface area contributed by atoms with E-state index < -0.39 is 0 Å². The molecule has 32 heavy (non-hydrogen) atoms. The number of carbonyl (C=O) groups excluding carboxylic acids is 1. The molecule has 4 rings (SSSR count). The molecule has 0 aliphatic heterocycles. The van der Waals surface area contributed by atoms with Gasteiger partial charge in [0.25, 0.3) is 0 Å². The Balaban J connectivity index is 0.00000289. The summed E-state index contributed by atoms with van der Waals surface area (Å²) in [5.74, 6) is 0.0753. The molecule has 0 bridgehead atoms. The van der Waals surface area contributed by atoms with Crippen LogP contribution in [0.1, 0.15) is 43.0 Å². The molecular weight excluding hydrogens is 473 g/mol. The van der Waals surface area contributed by atoms with Crippen LogP contribution in [-0.2, 0) is 0 Å². The number of aromatic nitrogens is 2. The Morgan fingerprint density at radius 2 is 1.81 bits per heavy atom. The molecule has 3 aromatic rings. The molecule has 0 saturated heterocycles. The fraction of sp³-hybridized carbons (Fsp3) is 0.348. The van der Waals surface area contributed by atoms with Crippen LogP contribution >= 0.6 is 35.6 Å². The van der Waals surface area contributed by atoms with Crippen molar-refractivity contribution in [2.24, 2.45) is 5.92 Å². The van der Waals surface area contributed by atoms with Crippen molar-refractivity contribution in [3.8, 4) is 17.0 Å². The van der Waals surface area contributed by atoms with Crippen LogP contribution in [0.2, 0.25) is 10.0 Å². The van der Waals surface area contributed by atoms with Crippen molar-refractivity contribution < 1.29 is 15.0 Å². The molecule has 2 aromatic heterocycles. The maximum Gasteiger partial charge on any atom is 0.163 e. The highest BCUT2D eigenvalue weighted by atomic mass is 35.5. The number of halogens is 3. The number of nitrogens with one attached hydrogen (secondary N) is 1. The van der Waals surface area contributed by atoms with E-state index in [1.807, 2.05) is 6.07 Å². The molecule has 170 valence electrons. The number of hydrogen-bond acceptors (Lipinski definition) is 6.